The van der Waals surface area contributed by atoms with Gasteiger partial charge in [0.25, 0.3) is 0 Å². The summed E-state index contributed by atoms with van der Waals surface area (Å²) in [6.45, 7) is 4.30. The van der Waals surface area contributed by atoms with Crippen molar-refractivity contribution < 1.29 is 0 Å². The fourth-order valence-corrected chi connectivity index (χ4v) is 10.8. The molecule has 13 aromatic carbocycles. The van der Waals surface area contributed by atoms with Crippen LogP contribution in [0.4, 0.5) is 34.1 Å². The molecule has 0 atom stereocenters. The van der Waals surface area contributed by atoms with Crippen LogP contribution in [0, 0.1) is 13.8 Å². The van der Waals surface area contributed by atoms with Crippen molar-refractivity contribution in [3.8, 4) is 22.3 Å². The van der Waals surface area contributed by atoms with Crippen molar-refractivity contribution in [3.63, 3.8) is 0 Å². The third-order valence-electron chi connectivity index (χ3n) is 14.3. The second kappa shape index (κ2) is 17.0. The predicted molar refractivity (Wildman–Crippen MR) is 301 cm³/mol. The molecule has 0 bridgehead atoms. The summed E-state index contributed by atoms with van der Waals surface area (Å²) in [5, 5.41) is 15.0. The number of fused-ring (bicyclic) bond motifs is 12. The average Bonchev–Trinajstić information content (AvgIpc) is 3.43. The van der Waals surface area contributed by atoms with E-state index in [1.807, 2.05) is 0 Å². The summed E-state index contributed by atoms with van der Waals surface area (Å²) in [4.78, 5) is 4.78. The minimum atomic E-state index is 1.11. The topological polar surface area (TPSA) is 6.48 Å². The fraction of sp³-hybridized carbons (Fsp3) is 0.0294. The van der Waals surface area contributed by atoms with E-state index in [0.717, 1.165) is 34.1 Å². The highest BCUT2D eigenvalue weighted by Gasteiger charge is 2.20. The van der Waals surface area contributed by atoms with Crippen molar-refractivity contribution >= 4 is 98.8 Å². The van der Waals surface area contributed by atoms with E-state index in [0.29, 0.717) is 0 Å². The van der Waals surface area contributed by atoms with Crippen LogP contribution in [0.2, 0.25) is 0 Å². The summed E-state index contributed by atoms with van der Waals surface area (Å²) >= 11 is 0. The molecule has 13 aromatic rings. The maximum Gasteiger partial charge on any atom is 0.0468 e. The molecular formula is C68H48N2. The molecule has 13 rings (SSSR count). The Morgan fingerprint density at radius 3 is 0.757 bits per heavy atom. The Morgan fingerprint density at radius 1 is 0.186 bits per heavy atom. The van der Waals surface area contributed by atoms with Crippen LogP contribution >= 0.6 is 0 Å². The third kappa shape index (κ3) is 7.12. The molecule has 0 aromatic heterocycles. The Morgan fingerprint density at radius 2 is 0.429 bits per heavy atom. The molecule has 0 fully saturated rings. The zero-order chi connectivity index (χ0) is 46.7. The van der Waals surface area contributed by atoms with Gasteiger partial charge in [-0.1, -0.05) is 181 Å². The molecule has 330 valence electrons. The van der Waals surface area contributed by atoms with Gasteiger partial charge < -0.3 is 9.80 Å². The molecule has 0 saturated carbocycles. The highest BCUT2D eigenvalue weighted by atomic mass is 15.1. The number of anilines is 6. The molecule has 0 N–H and O–H groups in total. The Kier molecular flexibility index (Phi) is 9.99. The summed E-state index contributed by atoms with van der Waals surface area (Å²) in [6.07, 6.45) is 0. The van der Waals surface area contributed by atoms with E-state index in [1.54, 1.807) is 0 Å². The van der Waals surface area contributed by atoms with Crippen LogP contribution in [0.5, 0.6) is 0 Å². The first-order valence-electron chi connectivity index (χ1n) is 24.2. The van der Waals surface area contributed by atoms with Gasteiger partial charge in [0.1, 0.15) is 0 Å². The predicted octanol–water partition coefficient (Wildman–Crippen LogP) is 19.5. The van der Waals surface area contributed by atoms with Gasteiger partial charge in [0.15, 0.2) is 0 Å². The molecule has 0 saturated heterocycles. The number of rotatable bonds is 8. The van der Waals surface area contributed by atoms with Crippen molar-refractivity contribution in [1.29, 1.82) is 0 Å². The van der Waals surface area contributed by atoms with Gasteiger partial charge in [0.05, 0.1) is 0 Å². The first-order chi connectivity index (χ1) is 34.5. The lowest BCUT2D eigenvalue weighted by Gasteiger charge is -2.27. The molecule has 2 heteroatoms. The van der Waals surface area contributed by atoms with Crippen molar-refractivity contribution in [3.05, 3.63) is 266 Å². The van der Waals surface area contributed by atoms with Crippen LogP contribution in [0.15, 0.2) is 255 Å². The maximum atomic E-state index is 2.47. The van der Waals surface area contributed by atoms with Gasteiger partial charge in [-0.2, -0.15) is 0 Å². The van der Waals surface area contributed by atoms with Gasteiger partial charge in [0.2, 0.25) is 0 Å². The minimum absolute atomic E-state index is 1.11. The number of nitrogens with zero attached hydrogens (tertiary/aromatic N) is 2. The summed E-state index contributed by atoms with van der Waals surface area (Å²) in [6, 6.07) is 93.9. The Bertz CT molecular complexity index is 3810. The third-order valence-corrected chi connectivity index (χ3v) is 14.3. The van der Waals surface area contributed by atoms with E-state index in [-0.39, 0.29) is 0 Å². The summed E-state index contributed by atoms with van der Waals surface area (Å²) in [7, 11) is 0. The standard InChI is InChI=1S/C68H48N2/c1-45-21-29-51(30-22-45)69(53-33-25-49(26-34-53)47-13-5-3-6-14-47)55-37-39-61-63(41-55)57-17-9-11-19-59(57)65-44-68-62-40-38-56(42-64(62)58-18-10-12-20-60(58)66(68)43-67(61)65)70(52-31-23-46(2)24-32-52)54-35-27-50(28-36-54)48-15-7-4-8-16-48/h3-44H,1-2H3. The zero-order valence-corrected chi connectivity index (χ0v) is 39.1. The molecular weight excluding hydrogens is 845 g/mol. The van der Waals surface area contributed by atoms with Gasteiger partial charge in [-0.25, -0.2) is 0 Å². The monoisotopic (exact) mass is 892 g/mol. The van der Waals surface area contributed by atoms with Crippen LogP contribution in [-0.2, 0) is 0 Å². The van der Waals surface area contributed by atoms with Crippen molar-refractivity contribution in [1.82, 2.24) is 0 Å². The highest BCUT2D eigenvalue weighted by Crippen LogP contribution is 2.46. The maximum absolute atomic E-state index is 2.47. The Labute approximate surface area is 408 Å². The molecule has 0 aliphatic heterocycles. The van der Waals surface area contributed by atoms with E-state index in [2.05, 4.69) is 278 Å². The lowest BCUT2D eigenvalue weighted by molar-refractivity contribution is 1.28. The molecule has 0 unspecified atom stereocenters. The second-order valence-electron chi connectivity index (χ2n) is 18.7. The number of benzene rings is 13. The summed E-state index contributed by atoms with van der Waals surface area (Å²) in [5.74, 6) is 0. The number of hydrogen-bond acceptors (Lipinski definition) is 2. The van der Waals surface area contributed by atoms with Crippen LogP contribution in [0.25, 0.3) is 86.9 Å². The lowest BCUT2D eigenvalue weighted by atomic mass is 9.88. The van der Waals surface area contributed by atoms with Crippen molar-refractivity contribution in [2.24, 2.45) is 0 Å². The minimum Gasteiger partial charge on any atom is -0.310 e. The van der Waals surface area contributed by atoms with Gasteiger partial charge in [-0.3, -0.25) is 0 Å². The normalized spacial score (nSPS) is 11.6. The Hall–Kier alpha value is -8.98. The number of aryl methyl sites for hydroxylation is 2. The SMILES string of the molecule is Cc1ccc(N(c2ccc(-c3ccccc3)cc2)c2ccc3c(c2)c2ccccc2c2cc4c5ccc(N(c6ccc(C)cc6)c6ccc(-c7ccccc7)cc6)cc5c5ccccc5c4cc32)cc1. The fourth-order valence-electron chi connectivity index (χ4n) is 10.8. The Balaban J connectivity index is 0.990. The van der Waals surface area contributed by atoms with Gasteiger partial charge in [-0.05, 0) is 186 Å². The first kappa shape index (κ1) is 41.2. The van der Waals surface area contributed by atoms with Crippen molar-refractivity contribution in [2.75, 3.05) is 9.80 Å². The molecule has 2 nitrogen and oxygen atoms in total. The molecule has 0 spiro atoms. The van der Waals surface area contributed by atoms with E-state index < -0.39 is 0 Å². The molecule has 0 heterocycles. The number of hydrogen-bond donors (Lipinski definition) is 0. The van der Waals surface area contributed by atoms with E-state index in [1.165, 1.54) is 98.0 Å². The quantitative estimate of drug-likeness (QED) is 0.111. The summed E-state index contributed by atoms with van der Waals surface area (Å²) in [5.41, 5.74) is 14.0. The van der Waals surface area contributed by atoms with Gasteiger partial charge in [0, 0.05) is 34.1 Å². The van der Waals surface area contributed by atoms with E-state index in [4.69, 9.17) is 0 Å². The van der Waals surface area contributed by atoms with Crippen LogP contribution in [0.1, 0.15) is 11.1 Å². The molecule has 70 heavy (non-hydrogen) atoms. The van der Waals surface area contributed by atoms with Crippen molar-refractivity contribution in [2.45, 2.75) is 13.8 Å². The van der Waals surface area contributed by atoms with Gasteiger partial charge >= 0.3 is 0 Å². The largest absolute Gasteiger partial charge is 0.310 e. The molecule has 0 radical (unpaired) electrons. The second-order valence-corrected chi connectivity index (χ2v) is 18.7. The van der Waals surface area contributed by atoms with Crippen LogP contribution in [0.3, 0.4) is 0 Å². The molecule has 0 aliphatic carbocycles. The van der Waals surface area contributed by atoms with Crippen LogP contribution in [-0.4, -0.2) is 0 Å². The first-order valence-corrected chi connectivity index (χ1v) is 24.2. The average molecular weight is 893 g/mol. The summed E-state index contributed by atoms with van der Waals surface area (Å²) < 4.78 is 0. The zero-order valence-electron chi connectivity index (χ0n) is 39.1. The molecule has 0 aliphatic rings. The molecule has 0 amide bonds. The van der Waals surface area contributed by atoms with Crippen LogP contribution < -0.4 is 9.80 Å². The smallest absolute Gasteiger partial charge is 0.0468 e. The van der Waals surface area contributed by atoms with E-state index in [9.17, 15) is 0 Å². The lowest BCUT2D eigenvalue weighted by Crippen LogP contribution is -2.10. The highest BCUT2D eigenvalue weighted by molar-refractivity contribution is 6.33. The van der Waals surface area contributed by atoms with E-state index >= 15 is 0 Å². The van der Waals surface area contributed by atoms with Gasteiger partial charge in [-0.15, -0.1) is 0 Å².